The minimum absolute atomic E-state index is 0.0462. The molecule has 2 atom stereocenters. The maximum atomic E-state index is 14.3. The van der Waals surface area contributed by atoms with Gasteiger partial charge in [0.25, 0.3) is 0 Å². The molecule has 0 spiro atoms. The summed E-state index contributed by atoms with van der Waals surface area (Å²) in [5.74, 6) is -1.06. The zero-order valence-corrected chi connectivity index (χ0v) is 14.9. The van der Waals surface area contributed by atoms with Crippen molar-refractivity contribution in [3.8, 4) is 0 Å². The molecule has 0 saturated carbocycles. The standard InChI is InChI=1S/C16H23F4N5O/c1-4-11(16(18,19)20)22-15-24-13(23-14(25-15)21-8(2)3)9-6-5-7-10(26)12(9)17/h8,10-11,26H,4-7H2,1-3H3,(H2,21,22,23,24,25)/t10-,11-/m1/s1. The molecule has 0 bridgehead atoms. The van der Waals surface area contributed by atoms with Crippen LogP contribution in [0, 0.1) is 0 Å². The average Bonchev–Trinajstić information content (AvgIpc) is 2.53. The second-order valence-corrected chi connectivity index (χ2v) is 6.49. The van der Waals surface area contributed by atoms with Crippen LogP contribution < -0.4 is 10.6 Å². The van der Waals surface area contributed by atoms with Gasteiger partial charge in [0.15, 0.2) is 5.82 Å². The summed E-state index contributed by atoms with van der Waals surface area (Å²) in [7, 11) is 0. The molecule has 0 aromatic carbocycles. The molecule has 0 amide bonds. The van der Waals surface area contributed by atoms with Gasteiger partial charge in [0.05, 0.1) is 0 Å². The number of nitrogens with zero attached hydrogens (tertiary/aromatic N) is 3. The van der Waals surface area contributed by atoms with Crippen LogP contribution >= 0.6 is 0 Å². The van der Waals surface area contributed by atoms with Crippen LogP contribution in [0.25, 0.3) is 5.57 Å². The zero-order chi connectivity index (χ0) is 19.5. The number of hydrogen-bond acceptors (Lipinski definition) is 6. The number of aliphatic hydroxyl groups excluding tert-OH is 1. The Morgan fingerprint density at radius 1 is 1.15 bits per heavy atom. The summed E-state index contributed by atoms with van der Waals surface area (Å²) in [6.45, 7) is 5.01. The molecule has 0 radical (unpaired) electrons. The Hall–Kier alpha value is -1.97. The SMILES string of the molecule is CC[C@@H](Nc1nc(NC(C)C)nc(C2=C(F)[C@H](O)CCC2)n1)C(F)(F)F. The maximum Gasteiger partial charge on any atom is 0.408 e. The lowest BCUT2D eigenvalue weighted by Crippen LogP contribution is -2.36. The predicted octanol–water partition coefficient (Wildman–Crippen LogP) is 3.67. The predicted molar refractivity (Wildman–Crippen MR) is 90.2 cm³/mol. The lowest BCUT2D eigenvalue weighted by atomic mass is 9.96. The molecule has 146 valence electrons. The molecule has 6 nitrogen and oxygen atoms in total. The topological polar surface area (TPSA) is 83.0 Å². The van der Waals surface area contributed by atoms with E-state index in [9.17, 15) is 22.7 Å². The molecule has 0 fully saturated rings. The number of nitrogens with one attached hydrogen (secondary N) is 2. The molecule has 2 rings (SSSR count). The number of halogens is 4. The molecule has 3 N–H and O–H groups in total. The largest absolute Gasteiger partial charge is 0.408 e. The minimum Gasteiger partial charge on any atom is -0.386 e. The highest BCUT2D eigenvalue weighted by atomic mass is 19.4. The van der Waals surface area contributed by atoms with Crippen molar-refractivity contribution < 1.29 is 22.7 Å². The highest BCUT2D eigenvalue weighted by Gasteiger charge is 2.39. The van der Waals surface area contributed by atoms with Gasteiger partial charge >= 0.3 is 6.18 Å². The lowest BCUT2D eigenvalue weighted by Gasteiger charge is -2.22. The fraction of sp³-hybridized carbons (Fsp3) is 0.688. The first kappa shape index (κ1) is 20.3. The summed E-state index contributed by atoms with van der Waals surface area (Å²) in [4.78, 5) is 12.0. The molecule has 26 heavy (non-hydrogen) atoms. The summed E-state index contributed by atoms with van der Waals surface area (Å²) in [6.07, 6.45) is -4.82. The van der Waals surface area contributed by atoms with Crippen LogP contribution in [0.4, 0.5) is 29.5 Å². The third kappa shape index (κ3) is 5.03. The van der Waals surface area contributed by atoms with E-state index in [2.05, 4.69) is 25.6 Å². The molecule has 0 saturated heterocycles. The zero-order valence-electron chi connectivity index (χ0n) is 14.9. The van der Waals surface area contributed by atoms with E-state index < -0.39 is 24.1 Å². The number of hydrogen-bond donors (Lipinski definition) is 3. The van der Waals surface area contributed by atoms with Gasteiger partial charge in [-0.1, -0.05) is 6.92 Å². The number of anilines is 2. The highest BCUT2D eigenvalue weighted by molar-refractivity contribution is 5.65. The van der Waals surface area contributed by atoms with E-state index in [1.165, 1.54) is 6.92 Å². The fourth-order valence-electron chi connectivity index (χ4n) is 2.61. The maximum absolute atomic E-state index is 14.3. The van der Waals surface area contributed by atoms with E-state index in [0.717, 1.165) is 0 Å². The molecule has 0 unspecified atom stereocenters. The van der Waals surface area contributed by atoms with E-state index in [4.69, 9.17) is 0 Å². The van der Waals surface area contributed by atoms with Gasteiger partial charge < -0.3 is 15.7 Å². The molecule has 1 aliphatic carbocycles. The Balaban J connectivity index is 2.44. The van der Waals surface area contributed by atoms with Crippen LogP contribution in [0.15, 0.2) is 5.83 Å². The molecule has 1 aliphatic rings. The Bertz CT molecular complexity index is 663. The summed E-state index contributed by atoms with van der Waals surface area (Å²) in [5, 5.41) is 14.8. The van der Waals surface area contributed by atoms with Gasteiger partial charge in [-0.3, -0.25) is 0 Å². The third-order valence-corrected chi connectivity index (χ3v) is 3.91. The van der Waals surface area contributed by atoms with E-state index in [1.807, 2.05) is 13.8 Å². The van der Waals surface area contributed by atoms with Gasteiger partial charge in [0, 0.05) is 11.6 Å². The summed E-state index contributed by atoms with van der Waals surface area (Å²) in [5.41, 5.74) is 0.0982. The van der Waals surface area contributed by atoms with E-state index in [1.54, 1.807) is 0 Å². The number of aromatic nitrogens is 3. The molecular formula is C16H23F4N5O. The van der Waals surface area contributed by atoms with E-state index >= 15 is 0 Å². The monoisotopic (exact) mass is 377 g/mol. The average molecular weight is 377 g/mol. The van der Waals surface area contributed by atoms with Crippen molar-refractivity contribution in [1.29, 1.82) is 0 Å². The normalized spacial score (nSPS) is 19.7. The number of rotatable bonds is 6. The Morgan fingerprint density at radius 3 is 2.31 bits per heavy atom. The molecular weight excluding hydrogens is 354 g/mol. The number of aliphatic hydroxyl groups is 1. The van der Waals surface area contributed by atoms with Gasteiger partial charge in [-0.25, -0.2) is 4.39 Å². The second-order valence-electron chi connectivity index (χ2n) is 6.49. The first-order chi connectivity index (χ1) is 12.1. The van der Waals surface area contributed by atoms with Crippen molar-refractivity contribution in [3.05, 3.63) is 11.7 Å². The number of alkyl halides is 3. The van der Waals surface area contributed by atoms with Crippen LogP contribution in [-0.2, 0) is 0 Å². The van der Waals surface area contributed by atoms with Gasteiger partial charge in [-0.05, 0) is 39.5 Å². The van der Waals surface area contributed by atoms with Crippen molar-refractivity contribution in [2.24, 2.45) is 0 Å². The molecule has 1 heterocycles. The Kier molecular flexibility index (Phi) is 6.38. The fourth-order valence-corrected chi connectivity index (χ4v) is 2.61. The highest BCUT2D eigenvalue weighted by Crippen LogP contribution is 2.33. The van der Waals surface area contributed by atoms with Crippen LogP contribution in [0.5, 0.6) is 0 Å². The van der Waals surface area contributed by atoms with Gasteiger partial charge in [0.2, 0.25) is 11.9 Å². The quantitative estimate of drug-likeness (QED) is 0.656. The minimum atomic E-state index is -4.47. The first-order valence-corrected chi connectivity index (χ1v) is 8.54. The van der Waals surface area contributed by atoms with Crippen molar-refractivity contribution in [2.75, 3.05) is 10.6 Å². The Morgan fingerprint density at radius 2 is 1.77 bits per heavy atom. The van der Waals surface area contributed by atoms with Gasteiger partial charge in [-0.2, -0.15) is 28.1 Å². The van der Waals surface area contributed by atoms with Crippen molar-refractivity contribution in [2.45, 2.75) is 70.8 Å². The van der Waals surface area contributed by atoms with Crippen molar-refractivity contribution in [1.82, 2.24) is 15.0 Å². The van der Waals surface area contributed by atoms with E-state index in [0.29, 0.717) is 12.8 Å². The van der Waals surface area contributed by atoms with Crippen molar-refractivity contribution >= 4 is 17.5 Å². The smallest absolute Gasteiger partial charge is 0.386 e. The third-order valence-electron chi connectivity index (χ3n) is 3.91. The van der Waals surface area contributed by atoms with E-state index in [-0.39, 0.29) is 42.2 Å². The lowest BCUT2D eigenvalue weighted by molar-refractivity contribution is -0.143. The Labute approximate surface area is 149 Å². The van der Waals surface area contributed by atoms with Crippen LogP contribution in [0.1, 0.15) is 52.3 Å². The van der Waals surface area contributed by atoms with Gasteiger partial charge in [0.1, 0.15) is 18.0 Å². The molecule has 1 aromatic heterocycles. The van der Waals surface area contributed by atoms with Gasteiger partial charge in [-0.15, -0.1) is 0 Å². The summed E-state index contributed by atoms with van der Waals surface area (Å²) >= 11 is 0. The van der Waals surface area contributed by atoms with Crippen molar-refractivity contribution in [3.63, 3.8) is 0 Å². The van der Waals surface area contributed by atoms with Crippen LogP contribution in [-0.4, -0.2) is 44.4 Å². The van der Waals surface area contributed by atoms with Crippen LogP contribution in [0.3, 0.4) is 0 Å². The molecule has 1 aromatic rings. The number of allylic oxidation sites excluding steroid dienone is 1. The summed E-state index contributed by atoms with van der Waals surface area (Å²) < 4.78 is 53.4. The summed E-state index contributed by atoms with van der Waals surface area (Å²) in [6, 6.07) is -1.92. The molecule has 10 heteroatoms. The van der Waals surface area contributed by atoms with Crippen LogP contribution in [0.2, 0.25) is 0 Å². The molecule has 0 aliphatic heterocycles. The second kappa shape index (κ2) is 8.15. The first-order valence-electron chi connectivity index (χ1n) is 8.54.